The summed E-state index contributed by atoms with van der Waals surface area (Å²) in [6.45, 7) is 3.95. The van der Waals surface area contributed by atoms with E-state index in [0.29, 0.717) is 5.02 Å². The Morgan fingerprint density at radius 2 is 1.86 bits per heavy atom. The van der Waals surface area contributed by atoms with Crippen molar-refractivity contribution >= 4 is 23.0 Å². The molecule has 0 bridgehead atoms. The third kappa shape index (κ3) is 4.19. The van der Waals surface area contributed by atoms with Crippen LogP contribution in [0.3, 0.4) is 0 Å². The van der Waals surface area contributed by atoms with Crippen molar-refractivity contribution in [2.45, 2.75) is 19.9 Å². The van der Waals surface area contributed by atoms with E-state index < -0.39 is 0 Å². The highest BCUT2D eigenvalue weighted by molar-refractivity contribution is 6.33. The molecule has 0 aliphatic rings. The second kappa shape index (κ2) is 7.43. The van der Waals surface area contributed by atoms with Gasteiger partial charge in [0.25, 0.3) is 0 Å². The molecule has 0 amide bonds. The molecule has 0 aromatic heterocycles. The molecule has 0 fully saturated rings. The highest BCUT2D eigenvalue weighted by Crippen LogP contribution is 2.31. The maximum Gasteiger partial charge on any atom is 0.123 e. The molecule has 0 spiro atoms. The number of halogens is 2. The first-order valence-corrected chi connectivity index (χ1v) is 7.48. The lowest BCUT2D eigenvalue weighted by atomic mass is 10.1. The van der Waals surface area contributed by atoms with E-state index in [-0.39, 0.29) is 5.82 Å². The number of anilines is 2. The summed E-state index contributed by atoms with van der Waals surface area (Å²) >= 11 is 6.37. The van der Waals surface area contributed by atoms with Crippen molar-refractivity contribution < 1.29 is 4.39 Å². The molecule has 0 radical (unpaired) electrons. The van der Waals surface area contributed by atoms with Crippen molar-refractivity contribution in [3.63, 3.8) is 0 Å². The summed E-state index contributed by atoms with van der Waals surface area (Å²) < 4.78 is 13.0. The molecule has 0 aliphatic heterocycles. The summed E-state index contributed by atoms with van der Waals surface area (Å²) in [6, 6.07) is 12.4. The van der Waals surface area contributed by atoms with E-state index in [1.165, 1.54) is 12.1 Å². The van der Waals surface area contributed by atoms with Crippen molar-refractivity contribution in [1.82, 2.24) is 5.32 Å². The molecule has 0 heterocycles. The van der Waals surface area contributed by atoms with Gasteiger partial charge in [0.1, 0.15) is 5.82 Å². The number of nitrogens with one attached hydrogen (secondary N) is 1. The van der Waals surface area contributed by atoms with Crippen molar-refractivity contribution in [3.8, 4) is 0 Å². The fourth-order valence-corrected chi connectivity index (χ4v) is 2.48. The predicted octanol–water partition coefficient (Wildman–Crippen LogP) is 4.75. The first-order valence-electron chi connectivity index (χ1n) is 7.10. The SMILES string of the molecule is CCCNCc1ccc(N(C)c2ccc(F)cc2)c(Cl)c1. The average molecular weight is 307 g/mol. The number of benzene rings is 2. The van der Waals surface area contributed by atoms with Gasteiger partial charge in [0.15, 0.2) is 0 Å². The van der Waals surface area contributed by atoms with E-state index in [2.05, 4.69) is 18.3 Å². The Hall–Kier alpha value is -1.58. The van der Waals surface area contributed by atoms with E-state index in [4.69, 9.17) is 11.6 Å². The lowest BCUT2D eigenvalue weighted by Crippen LogP contribution is -2.14. The van der Waals surface area contributed by atoms with Crippen LogP contribution in [-0.4, -0.2) is 13.6 Å². The minimum absolute atomic E-state index is 0.240. The molecule has 2 nitrogen and oxygen atoms in total. The Balaban J connectivity index is 2.14. The van der Waals surface area contributed by atoms with Gasteiger partial charge in [-0.25, -0.2) is 4.39 Å². The van der Waals surface area contributed by atoms with Gasteiger partial charge in [-0.05, 0) is 54.9 Å². The highest BCUT2D eigenvalue weighted by Gasteiger charge is 2.09. The molecule has 21 heavy (non-hydrogen) atoms. The van der Waals surface area contributed by atoms with Gasteiger partial charge < -0.3 is 10.2 Å². The van der Waals surface area contributed by atoms with E-state index in [1.807, 2.05) is 24.1 Å². The maximum absolute atomic E-state index is 13.0. The quantitative estimate of drug-likeness (QED) is 0.775. The van der Waals surface area contributed by atoms with Crippen molar-refractivity contribution in [2.24, 2.45) is 0 Å². The summed E-state index contributed by atoms with van der Waals surface area (Å²) in [6.07, 6.45) is 1.11. The van der Waals surface area contributed by atoms with Crippen LogP contribution in [0.15, 0.2) is 42.5 Å². The summed E-state index contributed by atoms with van der Waals surface area (Å²) in [5, 5.41) is 4.04. The van der Waals surface area contributed by atoms with Gasteiger partial charge in [0.2, 0.25) is 0 Å². The second-order valence-corrected chi connectivity index (χ2v) is 5.41. The van der Waals surface area contributed by atoms with Crippen LogP contribution in [0.5, 0.6) is 0 Å². The van der Waals surface area contributed by atoms with Gasteiger partial charge >= 0.3 is 0 Å². The fraction of sp³-hybridized carbons (Fsp3) is 0.294. The predicted molar refractivity (Wildman–Crippen MR) is 87.9 cm³/mol. The Kier molecular flexibility index (Phi) is 5.59. The molecule has 2 aromatic rings. The Labute approximate surface area is 130 Å². The molecule has 2 rings (SSSR count). The first kappa shape index (κ1) is 15.8. The molecule has 112 valence electrons. The zero-order chi connectivity index (χ0) is 15.2. The standard InChI is InChI=1S/C17H20ClFN2/c1-3-10-20-12-13-4-9-17(16(18)11-13)21(2)15-7-5-14(19)6-8-15/h4-9,11,20H,3,10,12H2,1-2H3. The number of rotatable bonds is 6. The van der Waals surface area contributed by atoms with Gasteiger partial charge in [-0.2, -0.15) is 0 Å². The van der Waals surface area contributed by atoms with E-state index >= 15 is 0 Å². The molecule has 0 saturated heterocycles. The fourth-order valence-electron chi connectivity index (χ4n) is 2.15. The third-order valence-corrected chi connectivity index (χ3v) is 3.65. The lowest BCUT2D eigenvalue weighted by Gasteiger charge is -2.21. The normalized spacial score (nSPS) is 10.7. The largest absolute Gasteiger partial charge is 0.343 e. The molecule has 0 aliphatic carbocycles. The summed E-state index contributed by atoms with van der Waals surface area (Å²) in [5.41, 5.74) is 2.96. The van der Waals surface area contributed by atoms with Crippen LogP contribution < -0.4 is 10.2 Å². The average Bonchev–Trinajstić information content (AvgIpc) is 2.48. The lowest BCUT2D eigenvalue weighted by molar-refractivity contribution is 0.628. The molecular weight excluding hydrogens is 287 g/mol. The minimum Gasteiger partial charge on any atom is -0.343 e. The molecular formula is C17H20ClFN2. The van der Waals surface area contributed by atoms with Crippen LogP contribution in [0, 0.1) is 5.82 Å². The van der Waals surface area contributed by atoms with E-state index in [9.17, 15) is 4.39 Å². The monoisotopic (exact) mass is 306 g/mol. The van der Waals surface area contributed by atoms with Crippen LogP contribution >= 0.6 is 11.6 Å². The second-order valence-electron chi connectivity index (χ2n) is 5.00. The zero-order valence-electron chi connectivity index (χ0n) is 12.4. The number of nitrogens with zero attached hydrogens (tertiary/aromatic N) is 1. The molecule has 0 saturated carbocycles. The summed E-state index contributed by atoms with van der Waals surface area (Å²) in [5.74, 6) is -0.240. The summed E-state index contributed by atoms with van der Waals surface area (Å²) in [4.78, 5) is 1.95. The molecule has 0 atom stereocenters. The Morgan fingerprint density at radius 3 is 2.48 bits per heavy atom. The van der Waals surface area contributed by atoms with Crippen molar-refractivity contribution in [3.05, 3.63) is 58.9 Å². The van der Waals surface area contributed by atoms with Crippen LogP contribution in [0.2, 0.25) is 5.02 Å². The van der Waals surface area contributed by atoms with Crippen LogP contribution in [0.25, 0.3) is 0 Å². The van der Waals surface area contributed by atoms with Gasteiger partial charge in [-0.3, -0.25) is 0 Å². The van der Waals surface area contributed by atoms with Gasteiger partial charge in [0.05, 0.1) is 10.7 Å². The minimum atomic E-state index is -0.240. The Bertz CT molecular complexity index is 584. The Morgan fingerprint density at radius 1 is 1.14 bits per heavy atom. The topological polar surface area (TPSA) is 15.3 Å². The first-order chi connectivity index (χ1) is 10.1. The molecule has 0 unspecified atom stereocenters. The van der Waals surface area contributed by atoms with Gasteiger partial charge in [-0.15, -0.1) is 0 Å². The zero-order valence-corrected chi connectivity index (χ0v) is 13.1. The van der Waals surface area contributed by atoms with Gasteiger partial charge in [-0.1, -0.05) is 24.6 Å². The van der Waals surface area contributed by atoms with E-state index in [0.717, 1.165) is 36.4 Å². The van der Waals surface area contributed by atoms with Crippen LogP contribution in [0.1, 0.15) is 18.9 Å². The highest BCUT2D eigenvalue weighted by atomic mass is 35.5. The molecule has 4 heteroatoms. The van der Waals surface area contributed by atoms with Gasteiger partial charge in [0, 0.05) is 19.3 Å². The van der Waals surface area contributed by atoms with Crippen molar-refractivity contribution in [2.75, 3.05) is 18.5 Å². The third-order valence-electron chi connectivity index (χ3n) is 3.34. The van der Waals surface area contributed by atoms with E-state index in [1.54, 1.807) is 12.1 Å². The van der Waals surface area contributed by atoms with Crippen LogP contribution in [0.4, 0.5) is 15.8 Å². The maximum atomic E-state index is 13.0. The van der Waals surface area contributed by atoms with Crippen molar-refractivity contribution in [1.29, 1.82) is 0 Å². The number of hydrogen-bond donors (Lipinski definition) is 1. The molecule has 1 N–H and O–H groups in total. The smallest absolute Gasteiger partial charge is 0.123 e. The van der Waals surface area contributed by atoms with Crippen LogP contribution in [-0.2, 0) is 6.54 Å². The number of hydrogen-bond acceptors (Lipinski definition) is 2. The molecule has 2 aromatic carbocycles. The summed E-state index contributed by atoms with van der Waals surface area (Å²) in [7, 11) is 1.92.